The summed E-state index contributed by atoms with van der Waals surface area (Å²) in [5.41, 5.74) is 3.50. The molecule has 2 heterocycles. The third-order valence-electron chi connectivity index (χ3n) is 5.20. The molecule has 0 saturated heterocycles. The van der Waals surface area contributed by atoms with Gasteiger partial charge in [-0.3, -0.25) is 4.79 Å². The van der Waals surface area contributed by atoms with Crippen LogP contribution in [0.25, 0.3) is 0 Å². The van der Waals surface area contributed by atoms with Crippen LogP contribution in [0.2, 0.25) is 0 Å². The molecule has 0 fully saturated rings. The minimum absolute atomic E-state index is 0.0191. The van der Waals surface area contributed by atoms with Gasteiger partial charge in [0, 0.05) is 18.5 Å². The average molecular weight is 324 g/mol. The zero-order valence-corrected chi connectivity index (χ0v) is 14.1. The molecule has 5 heteroatoms. The van der Waals surface area contributed by atoms with Crippen LogP contribution in [0.15, 0.2) is 18.2 Å². The Balaban J connectivity index is 1.44. The van der Waals surface area contributed by atoms with Crippen LogP contribution >= 0.6 is 0 Å². The first-order valence-corrected chi connectivity index (χ1v) is 9.12. The van der Waals surface area contributed by atoms with Crippen molar-refractivity contribution in [3.05, 3.63) is 46.5 Å². The van der Waals surface area contributed by atoms with E-state index in [0.717, 1.165) is 49.4 Å². The average Bonchev–Trinajstić information content (AvgIpc) is 2.85. The largest absolute Gasteiger partial charge is 0.345 e. The molecule has 0 atom stereocenters. The van der Waals surface area contributed by atoms with Gasteiger partial charge >= 0.3 is 0 Å². The molecule has 0 unspecified atom stereocenters. The van der Waals surface area contributed by atoms with Crippen molar-refractivity contribution in [3.63, 3.8) is 0 Å². The number of carbonyl (C=O) groups is 1. The fourth-order valence-corrected chi connectivity index (χ4v) is 3.81. The first-order valence-electron chi connectivity index (χ1n) is 9.12. The van der Waals surface area contributed by atoms with Crippen molar-refractivity contribution in [1.29, 1.82) is 0 Å². The molecular weight excluding hydrogens is 300 g/mol. The zero-order valence-electron chi connectivity index (χ0n) is 14.1. The standard InChI is InChI=1S/C19H24N4O/c24-19(16-10-9-14-6-3-4-7-15(14)12-16)20-13-18-22-21-17-8-2-1-5-11-23(17)18/h9-10,12H,1-8,11,13H2,(H,20,24). The zero-order chi connectivity index (χ0) is 16.4. The quantitative estimate of drug-likeness (QED) is 0.944. The molecule has 1 N–H and O–H groups in total. The number of carbonyl (C=O) groups excluding carboxylic acids is 1. The predicted octanol–water partition coefficient (Wildman–Crippen LogP) is 2.81. The Bertz CT molecular complexity index is 750. The van der Waals surface area contributed by atoms with Gasteiger partial charge in [0.05, 0.1) is 6.54 Å². The summed E-state index contributed by atoms with van der Waals surface area (Å²) in [6.07, 6.45) is 9.30. The fraction of sp³-hybridized carbons (Fsp3) is 0.526. The van der Waals surface area contributed by atoms with E-state index in [1.165, 1.54) is 36.8 Å². The van der Waals surface area contributed by atoms with Crippen molar-refractivity contribution < 1.29 is 4.79 Å². The van der Waals surface area contributed by atoms with Crippen molar-refractivity contribution in [1.82, 2.24) is 20.1 Å². The lowest BCUT2D eigenvalue weighted by molar-refractivity contribution is 0.0949. The van der Waals surface area contributed by atoms with Gasteiger partial charge in [-0.15, -0.1) is 10.2 Å². The number of hydrogen-bond acceptors (Lipinski definition) is 3. The van der Waals surface area contributed by atoms with Gasteiger partial charge in [0.25, 0.3) is 5.91 Å². The summed E-state index contributed by atoms with van der Waals surface area (Å²) >= 11 is 0. The molecule has 1 aromatic carbocycles. The lowest BCUT2D eigenvalue weighted by Gasteiger charge is -2.16. The van der Waals surface area contributed by atoms with E-state index >= 15 is 0 Å². The highest BCUT2D eigenvalue weighted by Crippen LogP contribution is 2.22. The topological polar surface area (TPSA) is 59.8 Å². The minimum Gasteiger partial charge on any atom is -0.345 e. The molecule has 0 saturated carbocycles. The predicted molar refractivity (Wildman–Crippen MR) is 91.8 cm³/mol. The van der Waals surface area contributed by atoms with Gasteiger partial charge < -0.3 is 9.88 Å². The van der Waals surface area contributed by atoms with E-state index in [-0.39, 0.29) is 5.91 Å². The second-order valence-corrected chi connectivity index (χ2v) is 6.87. The van der Waals surface area contributed by atoms with E-state index < -0.39 is 0 Å². The molecule has 1 aromatic heterocycles. The molecule has 5 nitrogen and oxygen atoms in total. The Morgan fingerprint density at radius 3 is 2.75 bits per heavy atom. The summed E-state index contributed by atoms with van der Waals surface area (Å²) in [7, 11) is 0. The number of benzene rings is 1. The number of nitrogens with one attached hydrogen (secondary N) is 1. The summed E-state index contributed by atoms with van der Waals surface area (Å²) in [5.74, 6) is 1.91. The summed E-state index contributed by atoms with van der Waals surface area (Å²) in [6.45, 7) is 1.41. The van der Waals surface area contributed by atoms with Gasteiger partial charge in [-0.1, -0.05) is 12.5 Å². The van der Waals surface area contributed by atoms with Gasteiger partial charge in [-0.05, 0) is 61.8 Å². The van der Waals surface area contributed by atoms with E-state index in [2.05, 4.69) is 32.2 Å². The number of aromatic nitrogens is 3. The maximum absolute atomic E-state index is 12.5. The van der Waals surface area contributed by atoms with Crippen LogP contribution in [-0.4, -0.2) is 20.7 Å². The third-order valence-corrected chi connectivity index (χ3v) is 5.20. The summed E-state index contributed by atoms with van der Waals surface area (Å²) in [6, 6.07) is 6.13. The van der Waals surface area contributed by atoms with Gasteiger partial charge in [0.2, 0.25) is 0 Å². The molecule has 1 amide bonds. The van der Waals surface area contributed by atoms with E-state index in [1.54, 1.807) is 0 Å². The molecule has 24 heavy (non-hydrogen) atoms. The lowest BCUT2D eigenvalue weighted by Crippen LogP contribution is -2.25. The number of amides is 1. The lowest BCUT2D eigenvalue weighted by atomic mass is 9.90. The van der Waals surface area contributed by atoms with Crippen molar-refractivity contribution in [2.45, 2.75) is 64.5 Å². The van der Waals surface area contributed by atoms with E-state index in [9.17, 15) is 4.79 Å². The van der Waals surface area contributed by atoms with E-state index in [0.29, 0.717) is 6.54 Å². The molecule has 1 aliphatic heterocycles. The van der Waals surface area contributed by atoms with Crippen LogP contribution in [0.1, 0.15) is 65.2 Å². The van der Waals surface area contributed by atoms with Gasteiger partial charge in [0.1, 0.15) is 5.82 Å². The Morgan fingerprint density at radius 1 is 1.00 bits per heavy atom. The minimum atomic E-state index is -0.0191. The van der Waals surface area contributed by atoms with Crippen LogP contribution in [0.3, 0.4) is 0 Å². The highest BCUT2D eigenvalue weighted by Gasteiger charge is 2.16. The smallest absolute Gasteiger partial charge is 0.251 e. The van der Waals surface area contributed by atoms with Crippen molar-refractivity contribution in [2.75, 3.05) is 0 Å². The molecule has 2 aromatic rings. The molecular formula is C19H24N4O. The molecule has 126 valence electrons. The van der Waals surface area contributed by atoms with Gasteiger partial charge in [-0.2, -0.15) is 0 Å². The molecule has 0 radical (unpaired) electrons. The Morgan fingerprint density at radius 2 is 1.83 bits per heavy atom. The molecule has 0 bridgehead atoms. The SMILES string of the molecule is O=C(NCc1nnc2n1CCCCC2)c1ccc2c(c1)CCCC2. The van der Waals surface area contributed by atoms with E-state index in [4.69, 9.17) is 0 Å². The summed E-state index contributed by atoms with van der Waals surface area (Å²) in [4.78, 5) is 12.5. The Hall–Kier alpha value is -2.17. The number of fused-ring (bicyclic) bond motifs is 2. The Labute approximate surface area is 142 Å². The molecule has 0 spiro atoms. The highest BCUT2D eigenvalue weighted by atomic mass is 16.1. The van der Waals surface area contributed by atoms with Crippen LogP contribution in [0, 0.1) is 0 Å². The molecule has 2 aliphatic rings. The van der Waals surface area contributed by atoms with Gasteiger partial charge in [0.15, 0.2) is 5.82 Å². The Kier molecular flexibility index (Phi) is 4.32. The van der Waals surface area contributed by atoms with Crippen LogP contribution < -0.4 is 5.32 Å². The second kappa shape index (κ2) is 6.75. The molecule has 4 rings (SSSR count). The van der Waals surface area contributed by atoms with Crippen LogP contribution in [0.4, 0.5) is 0 Å². The monoisotopic (exact) mass is 324 g/mol. The van der Waals surface area contributed by atoms with Gasteiger partial charge in [-0.25, -0.2) is 0 Å². The normalized spacial score (nSPS) is 16.8. The summed E-state index contributed by atoms with van der Waals surface area (Å²) < 4.78 is 2.18. The maximum Gasteiger partial charge on any atom is 0.251 e. The van der Waals surface area contributed by atoms with E-state index in [1.807, 2.05) is 6.07 Å². The first-order chi connectivity index (χ1) is 11.8. The maximum atomic E-state index is 12.5. The number of rotatable bonds is 3. The number of hydrogen-bond donors (Lipinski definition) is 1. The number of nitrogens with zero attached hydrogens (tertiary/aromatic N) is 3. The fourth-order valence-electron chi connectivity index (χ4n) is 3.81. The first kappa shape index (κ1) is 15.4. The second-order valence-electron chi connectivity index (χ2n) is 6.87. The van der Waals surface area contributed by atoms with Crippen molar-refractivity contribution in [3.8, 4) is 0 Å². The van der Waals surface area contributed by atoms with Crippen molar-refractivity contribution >= 4 is 5.91 Å². The van der Waals surface area contributed by atoms with Crippen molar-refractivity contribution in [2.24, 2.45) is 0 Å². The van der Waals surface area contributed by atoms with Crippen LogP contribution in [0.5, 0.6) is 0 Å². The third kappa shape index (κ3) is 3.07. The number of aryl methyl sites for hydroxylation is 3. The molecule has 1 aliphatic carbocycles. The van der Waals surface area contributed by atoms with Crippen LogP contribution in [-0.2, 0) is 32.4 Å². The summed E-state index contributed by atoms with van der Waals surface area (Å²) in [5, 5.41) is 11.6. The highest BCUT2D eigenvalue weighted by molar-refractivity contribution is 5.94.